The number of ether oxygens (including phenoxy) is 1. The van der Waals surface area contributed by atoms with E-state index >= 15 is 0 Å². The molecule has 0 spiro atoms. The standard InChI is InChI=1S/C20H22F3N3O3/c1-3-4-17(27)10-16-9-15(7-8-24-16)19(28)26-12-14-5-6-18(25-11-14)29-13(2)20(21,22)23/h5-9,11,13H,3-4,10,12H2,1-2H3,(H,26,28)/t13-/m1/s1. The summed E-state index contributed by atoms with van der Waals surface area (Å²) < 4.78 is 42.2. The molecule has 0 radical (unpaired) electrons. The van der Waals surface area contributed by atoms with Gasteiger partial charge < -0.3 is 10.1 Å². The Bertz CT molecular complexity index is 839. The molecule has 0 aliphatic rings. The second-order valence-electron chi connectivity index (χ2n) is 6.49. The number of alkyl halides is 3. The molecule has 2 aromatic rings. The van der Waals surface area contributed by atoms with Crippen molar-refractivity contribution in [2.45, 2.75) is 51.9 Å². The second kappa shape index (κ2) is 9.99. The van der Waals surface area contributed by atoms with Gasteiger partial charge in [0.1, 0.15) is 5.78 Å². The average molecular weight is 409 g/mol. The lowest BCUT2D eigenvalue weighted by molar-refractivity contribution is -0.189. The van der Waals surface area contributed by atoms with Gasteiger partial charge in [0, 0.05) is 49.1 Å². The summed E-state index contributed by atoms with van der Waals surface area (Å²) in [6.45, 7) is 2.95. The predicted molar refractivity (Wildman–Crippen MR) is 99.4 cm³/mol. The highest BCUT2D eigenvalue weighted by molar-refractivity contribution is 5.94. The van der Waals surface area contributed by atoms with Crippen molar-refractivity contribution in [1.82, 2.24) is 15.3 Å². The van der Waals surface area contributed by atoms with Crippen LogP contribution in [0, 0.1) is 0 Å². The summed E-state index contributed by atoms with van der Waals surface area (Å²) in [7, 11) is 0. The number of carbonyl (C=O) groups is 2. The van der Waals surface area contributed by atoms with E-state index in [4.69, 9.17) is 4.74 Å². The molecule has 0 aromatic carbocycles. The number of hydrogen-bond acceptors (Lipinski definition) is 5. The van der Waals surface area contributed by atoms with Crippen LogP contribution in [0.1, 0.15) is 48.3 Å². The number of rotatable bonds is 9. The molecule has 1 atom stereocenters. The van der Waals surface area contributed by atoms with Gasteiger partial charge in [-0.05, 0) is 31.0 Å². The molecule has 9 heteroatoms. The van der Waals surface area contributed by atoms with E-state index in [1.54, 1.807) is 6.07 Å². The van der Waals surface area contributed by atoms with Crippen molar-refractivity contribution in [2.24, 2.45) is 0 Å². The molecule has 0 aliphatic carbocycles. The van der Waals surface area contributed by atoms with Crippen molar-refractivity contribution in [3.05, 3.63) is 53.5 Å². The average Bonchev–Trinajstić information content (AvgIpc) is 2.66. The topological polar surface area (TPSA) is 81.2 Å². The number of hydrogen-bond donors (Lipinski definition) is 1. The molecular formula is C20H22F3N3O3. The first kappa shape index (κ1) is 22.3. The van der Waals surface area contributed by atoms with Crippen LogP contribution in [0.25, 0.3) is 0 Å². The fourth-order valence-corrected chi connectivity index (χ4v) is 2.40. The maximum Gasteiger partial charge on any atom is 0.425 e. The van der Waals surface area contributed by atoms with Crippen molar-refractivity contribution >= 4 is 11.7 Å². The van der Waals surface area contributed by atoms with Gasteiger partial charge in [-0.3, -0.25) is 14.6 Å². The SMILES string of the molecule is CCCC(=O)Cc1cc(C(=O)NCc2ccc(O[C@H](C)C(F)(F)F)nc2)ccn1. The van der Waals surface area contributed by atoms with Gasteiger partial charge in [-0.25, -0.2) is 4.98 Å². The normalized spacial score (nSPS) is 12.3. The largest absolute Gasteiger partial charge is 0.465 e. The van der Waals surface area contributed by atoms with E-state index in [-0.39, 0.29) is 30.5 Å². The molecule has 0 unspecified atom stereocenters. The minimum Gasteiger partial charge on any atom is -0.465 e. The summed E-state index contributed by atoms with van der Waals surface area (Å²) in [5.41, 5.74) is 1.49. The molecule has 2 heterocycles. The number of nitrogens with one attached hydrogen (secondary N) is 1. The van der Waals surface area contributed by atoms with Gasteiger partial charge in [0.25, 0.3) is 5.91 Å². The lowest BCUT2D eigenvalue weighted by atomic mass is 10.1. The zero-order valence-corrected chi connectivity index (χ0v) is 16.1. The van der Waals surface area contributed by atoms with Gasteiger partial charge in [0.05, 0.1) is 0 Å². The van der Waals surface area contributed by atoms with Gasteiger partial charge in [0.15, 0.2) is 6.10 Å². The van der Waals surface area contributed by atoms with Crippen LogP contribution in [0.4, 0.5) is 13.2 Å². The number of nitrogens with zero attached hydrogens (tertiary/aromatic N) is 2. The fourth-order valence-electron chi connectivity index (χ4n) is 2.40. The molecule has 0 aliphatic heterocycles. The monoisotopic (exact) mass is 409 g/mol. The van der Waals surface area contributed by atoms with E-state index < -0.39 is 12.3 Å². The maximum absolute atomic E-state index is 12.5. The van der Waals surface area contributed by atoms with E-state index in [0.717, 1.165) is 13.3 Å². The lowest BCUT2D eigenvalue weighted by Gasteiger charge is -2.16. The Morgan fingerprint density at radius 2 is 1.97 bits per heavy atom. The molecule has 2 rings (SSSR count). The predicted octanol–water partition coefficient (Wildman–Crippen LogP) is 3.65. The number of Topliss-reactive ketones (excluding diaryl/α,β-unsaturated/α-hetero) is 1. The van der Waals surface area contributed by atoms with Crippen molar-refractivity contribution in [2.75, 3.05) is 0 Å². The van der Waals surface area contributed by atoms with Crippen LogP contribution < -0.4 is 10.1 Å². The van der Waals surface area contributed by atoms with Crippen LogP contribution in [-0.2, 0) is 17.8 Å². The Morgan fingerprint density at radius 1 is 1.21 bits per heavy atom. The number of aromatic nitrogens is 2. The highest BCUT2D eigenvalue weighted by Gasteiger charge is 2.38. The molecule has 156 valence electrons. The number of ketones is 1. The quantitative estimate of drug-likeness (QED) is 0.684. The summed E-state index contributed by atoms with van der Waals surface area (Å²) in [5, 5.41) is 2.69. The van der Waals surface area contributed by atoms with E-state index in [1.807, 2.05) is 6.92 Å². The van der Waals surface area contributed by atoms with Crippen molar-refractivity contribution in [3.63, 3.8) is 0 Å². The first-order chi connectivity index (χ1) is 13.7. The van der Waals surface area contributed by atoms with E-state index in [2.05, 4.69) is 15.3 Å². The molecule has 1 N–H and O–H groups in total. The zero-order chi connectivity index (χ0) is 21.4. The molecule has 0 saturated carbocycles. The highest BCUT2D eigenvalue weighted by atomic mass is 19.4. The summed E-state index contributed by atoms with van der Waals surface area (Å²) in [5.74, 6) is -0.450. The number of amides is 1. The van der Waals surface area contributed by atoms with Gasteiger partial charge in [0.2, 0.25) is 5.88 Å². The van der Waals surface area contributed by atoms with Crippen molar-refractivity contribution < 1.29 is 27.5 Å². The summed E-state index contributed by atoms with van der Waals surface area (Å²) in [4.78, 5) is 32.0. The maximum atomic E-state index is 12.5. The van der Waals surface area contributed by atoms with Gasteiger partial charge in [-0.15, -0.1) is 0 Å². The van der Waals surface area contributed by atoms with Crippen LogP contribution in [0.5, 0.6) is 5.88 Å². The molecular weight excluding hydrogens is 387 g/mol. The van der Waals surface area contributed by atoms with E-state index in [0.29, 0.717) is 23.2 Å². The van der Waals surface area contributed by atoms with Crippen LogP contribution in [0.2, 0.25) is 0 Å². The van der Waals surface area contributed by atoms with Crippen LogP contribution in [0.15, 0.2) is 36.7 Å². The molecule has 2 aromatic heterocycles. The van der Waals surface area contributed by atoms with Crippen LogP contribution in [-0.4, -0.2) is 33.9 Å². The summed E-state index contributed by atoms with van der Waals surface area (Å²) in [6.07, 6.45) is -2.24. The molecule has 29 heavy (non-hydrogen) atoms. The summed E-state index contributed by atoms with van der Waals surface area (Å²) >= 11 is 0. The Balaban J connectivity index is 1.91. The Kier molecular flexibility index (Phi) is 7.69. The Hall–Kier alpha value is -2.97. The van der Waals surface area contributed by atoms with Crippen molar-refractivity contribution in [1.29, 1.82) is 0 Å². The first-order valence-electron chi connectivity index (χ1n) is 9.12. The smallest absolute Gasteiger partial charge is 0.425 e. The minimum absolute atomic E-state index is 0.0609. The molecule has 1 amide bonds. The Morgan fingerprint density at radius 3 is 2.59 bits per heavy atom. The van der Waals surface area contributed by atoms with E-state index in [1.165, 1.54) is 30.6 Å². The molecule has 0 bridgehead atoms. The Labute approximate surface area is 166 Å². The van der Waals surface area contributed by atoms with Crippen LogP contribution >= 0.6 is 0 Å². The number of carbonyl (C=O) groups excluding carboxylic acids is 2. The van der Waals surface area contributed by atoms with Gasteiger partial charge in [-0.2, -0.15) is 13.2 Å². The van der Waals surface area contributed by atoms with Gasteiger partial charge in [-0.1, -0.05) is 13.0 Å². The third-order valence-electron chi connectivity index (χ3n) is 4.00. The highest BCUT2D eigenvalue weighted by Crippen LogP contribution is 2.23. The summed E-state index contributed by atoms with van der Waals surface area (Å²) in [6, 6.07) is 5.94. The van der Waals surface area contributed by atoms with Crippen molar-refractivity contribution in [3.8, 4) is 5.88 Å². The van der Waals surface area contributed by atoms with E-state index in [9.17, 15) is 22.8 Å². The molecule has 0 fully saturated rings. The second-order valence-corrected chi connectivity index (χ2v) is 6.49. The molecule has 0 saturated heterocycles. The minimum atomic E-state index is -4.47. The third-order valence-corrected chi connectivity index (χ3v) is 4.00. The fraction of sp³-hybridized carbons (Fsp3) is 0.400. The van der Waals surface area contributed by atoms with Gasteiger partial charge >= 0.3 is 6.18 Å². The first-order valence-corrected chi connectivity index (χ1v) is 9.12. The molecule has 6 nitrogen and oxygen atoms in total. The van der Waals surface area contributed by atoms with Crippen LogP contribution in [0.3, 0.4) is 0 Å². The number of halogens is 3. The third kappa shape index (κ3) is 7.17. The lowest BCUT2D eigenvalue weighted by Crippen LogP contribution is -2.31. The zero-order valence-electron chi connectivity index (χ0n) is 16.1. The number of pyridine rings is 2.